The van der Waals surface area contributed by atoms with Gasteiger partial charge >= 0.3 is 6.09 Å². The molecule has 118 valence electrons. The average Bonchev–Trinajstić information content (AvgIpc) is 2.17. The molecule has 1 N–H and O–H groups in total. The summed E-state index contributed by atoms with van der Waals surface area (Å²) in [7, 11) is -3.43. The van der Waals surface area contributed by atoms with Crippen molar-refractivity contribution in [2.45, 2.75) is 64.7 Å². The first-order valence-corrected chi connectivity index (χ1v) is 8.66. The van der Waals surface area contributed by atoms with Crippen molar-refractivity contribution in [1.82, 2.24) is 5.32 Å². The van der Waals surface area contributed by atoms with Gasteiger partial charge in [-0.05, 0) is 46.0 Å². The summed E-state index contributed by atoms with van der Waals surface area (Å²) in [6, 6.07) is -0.000685. The molecule has 0 aromatic carbocycles. The second kappa shape index (κ2) is 6.30. The summed E-state index contributed by atoms with van der Waals surface area (Å²) in [5.41, 5.74) is -0.522. The average molecular weight is 307 g/mol. The number of ether oxygens (including phenoxy) is 1. The van der Waals surface area contributed by atoms with Crippen LogP contribution in [0.3, 0.4) is 0 Å². The minimum atomic E-state index is -3.43. The van der Waals surface area contributed by atoms with Crippen molar-refractivity contribution in [3.63, 3.8) is 0 Å². The summed E-state index contributed by atoms with van der Waals surface area (Å²) < 4.78 is 32.6. The quantitative estimate of drug-likeness (QED) is 0.807. The summed E-state index contributed by atoms with van der Waals surface area (Å²) in [6.07, 6.45) is 2.29. The van der Waals surface area contributed by atoms with E-state index in [4.69, 9.17) is 8.92 Å². The molecular formula is C13H25NO5S. The van der Waals surface area contributed by atoms with Crippen LogP contribution in [0.2, 0.25) is 0 Å². The fourth-order valence-corrected chi connectivity index (χ4v) is 3.08. The molecule has 0 bridgehead atoms. The SMILES string of the molecule is C[C@@H]1C[C@H](NC(=O)OC(C)(C)C)CC[C@@H]1OS(C)(=O)=O. The Morgan fingerprint density at radius 2 is 1.85 bits per heavy atom. The highest BCUT2D eigenvalue weighted by molar-refractivity contribution is 7.86. The van der Waals surface area contributed by atoms with E-state index in [0.29, 0.717) is 19.3 Å². The van der Waals surface area contributed by atoms with Crippen molar-refractivity contribution < 1.29 is 22.1 Å². The zero-order valence-corrected chi connectivity index (χ0v) is 13.6. The lowest BCUT2D eigenvalue weighted by molar-refractivity contribution is 0.0431. The second-order valence-corrected chi connectivity index (χ2v) is 8.07. The molecule has 1 amide bonds. The third kappa shape index (κ3) is 6.56. The van der Waals surface area contributed by atoms with E-state index in [9.17, 15) is 13.2 Å². The van der Waals surface area contributed by atoms with Gasteiger partial charge < -0.3 is 10.1 Å². The molecule has 6 nitrogen and oxygen atoms in total. The zero-order valence-electron chi connectivity index (χ0n) is 12.8. The van der Waals surface area contributed by atoms with Gasteiger partial charge in [0.05, 0.1) is 12.4 Å². The van der Waals surface area contributed by atoms with Gasteiger partial charge in [-0.1, -0.05) is 6.92 Å². The Balaban J connectivity index is 2.46. The third-order valence-electron chi connectivity index (χ3n) is 3.11. The maximum atomic E-state index is 11.7. The summed E-state index contributed by atoms with van der Waals surface area (Å²) in [4.78, 5) is 11.7. The Morgan fingerprint density at radius 1 is 1.25 bits per heavy atom. The first kappa shape index (κ1) is 17.2. The van der Waals surface area contributed by atoms with E-state index < -0.39 is 21.8 Å². The molecule has 3 atom stereocenters. The summed E-state index contributed by atoms with van der Waals surface area (Å²) in [6.45, 7) is 7.36. The molecule has 0 heterocycles. The Kier molecular flexibility index (Phi) is 5.43. The Labute approximate surface area is 121 Å². The van der Waals surface area contributed by atoms with Gasteiger partial charge in [-0.2, -0.15) is 8.42 Å². The van der Waals surface area contributed by atoms with Crippen molar-refractivity contribution in [2.24, 2.45) is 5.92 Å². The van der Waals surface area contributed by atoms with Gasteiger partial charge in [0.25, 0.3) is 10.1 Å². The Hall–Kier alpha value is -0.820. The molecule has 1 rings (SSSR count). The molecule has 1 fully saturated rings. The lowest BCUT2D eigenvalue weighted by Gasteiger charge is -2.33. The van der Waals surface area contributed by atoms with Crippen LogP contribution in [0.5, 0.6) is 0 Å². The highest BCUT2D eigenvalue weighted by Crippen LogP contribution is 2.28. The molecule has 7 heteroatoms. The Bertz CT molecular complexity index is 440. The van der Waals surface area contributed by atoms with Gasteiger partial charge in [-0.3, -0.25) is 4.18 Å². The first-order valence-electron chi connectivity index (χ1n) is 6.84. The van der Waals surface area contributed by atoms with Crippen LogP contribution in [0.1, 0.15) is 47.0 Å². The third-order valence-corrected chi connectivity index (χ3v) is 3.71. The van der Waals surface area contributed by atoms with E-state index in [0.717, 1.165) is 6.26 Å². The molecule has 0 aliphatic heterocycles. The highest BCUT2D eigenvalue weighted by atomic mass is 32.2. The van der Waals surface area contributed by atoms with Crippen molar-refractivity contribution in [3.8, 4) is 0 Å². The second-order valence-electron chi connectivity index (χ2n) is 6.47. The van der Waals surface area contributed by atoms with Gasteiger partial charge in [-0.15, -0.1) is 0 Å². The van der Waals surface area contributed by atoms with Crippen molar-refractivity contribution >= 4 is 16.2 Å². The van der Waals surface area contributed by atoms with Crippen LogP contribution in [0.4, 0.5) is 4.79 Å². The maximum Gasteiger partial charge on any atom is 0.407 e. The van der Waals surface area contributed by atoms with Crippen LogP contribution in [-0.4, -0.2) is 38.5 Å². The normalized spacial score (nSPS) is 27.9. The van der Waals surface area contributed by atoms with Crippen LogP contribution in [0, 0.1) is 5.92 Å². The number of hydrogen-bond acceptors (Lipinski definition) is 5. The summed E-state index contributed by atoms with van der Waals surface area (Å²) in [5.74, 6) is 0.0680. The predicted octanol–water partition coefficient (Wildman–Crippen LogP) is 2.04. The Morgan fingerprint density at radius 3 is 2.30 bits per heavy atom. The van der Waals surface area contributed by atoms with Crippen molar-refractivity contribution in [3.05, 3.63) is 0 Å². The smallest absolute Gasteiger partial charge is 0.407 e. The summed E-state index contributed by atoms with van der Waals surface area (Å²) >= 11 is 0. The first-order chi connectivity index (χ1) is 8.96. The molecule has 1 aliphatic carbocycles. The fourth-order valence-electron chi connectivity index (χ4n) is 2.34. The van der Waals surface area contributed by atoms with Gasteiger partial charge in [0, 0.05) is 6.04 Å². The molecule has 0 saturated heterocycles. The van der Waals surface area contributed by atoms with Gasteiger partial charge in [0.1, 0.15) is 5.60 Å². The maximum absolute atomic E-state index is 11.7. The standard InChI is InChI=1S/C13H25NO5S/c1-9-8-10(14-12(15)18-13(2,3)4)6-7-11(9)19-20(5,16)17/h9-11H,6-8H2,1-5H3,(H,14,15)/t9-,10-,11+/m1/s1. The van der Waals surface area contributed by atoms with Crippen LogP contribution in [-0.2, 0) is 19.0 Å². The molecule has 0 spiro atoms. The van der Waals surface area contributed by atoms with Crippen LogP contribution in [0.25, 0.3) is 0 Å². The van der Waals surface area contributed by atoms with Gasteiger partial charge in [0.15, 0.2) is 0 Å². The number of alkyl carbamates (subject to hydrolysis) is 1. The monoisotopic (exact) mass is 307 g/mol. The number of hydrogen-bond donors (Lipinski definition) is 1. The van der Waals surface area contributed by atoms with E-state index in [2.05, 4.69) is 5.32 Å². The molecule has 20 heavy (non-hydrogen) atoms. The van der Waals surface area contributed by atoms with E-state index in [1.807, 2.05) is 27.7 Å². The van der Waals surface area contributed by atoms with E-state index in [1.165, 1.54) is 0 Å². The summed E-state index contributed by atoms with van der Waals surface area (Å²) in [5, 5.41) is 2.82. The lowest BCUT2D eigenvalue weighted by atomic mass is 9.85. The fraction of sp³-hybridized carbons (Fsp3) is 0.923. The van der Waals surface area contributed by atoms with Crippen molar-refractivity contribution in [2.75, 3.05) is 6.26 Å². The van der Waals surface area contributed by atoms with Crippen LogP contribution < -0.4 is 5.32 Å². The highest BCUT2D eigenvalue weighted by Gasteiger charge is 2.32. The zero-order chi connectivity index (χ0) is 15.6. The minimum Gasteiger partial charge on any atom is -0.444 e. The van der Waals surface area contributed by atoms with Crippen LogP contribution in [0.15, 0.2) is 0 Å². The number of nitrogens with one attached hydrogen (secondary N) is 1. The topological polar surface area (TPSA) is 81.7 Å². The van der Waals surface area contributed by atoms with E-state index in [-0.39, 0.29) is 18.1 Å². The molecule has 1 aliphatic rings. The number of rotatable bonds is 3. The van der Waals surface area contributed by atoms with Crippen LogP contribution >= 0.6 is 0 Å². The predicted molar refractivity (Wildman–Crippen MR) is 75.9 cm³/mol. The molecule has 0 unspecified atom stereocenters. The lowest BCUT2D eigenvalue weighted by Crippen LogP contribution is -2.44. The van der Waals surface area contributed by atoms with E-state index >= 15 is 0 Å². The van der Waals surface area contributed by atoms with Gasteiger partial charge in [0.2, 0.25) is 0 Å². The number of carbonyl (C=O) groups excluding carboxylic acids is 1. The molecule has 1 saturated carbocycles. The van der Waals surface area contributed by atoms with Gasteiger partial charge in [-0.25, -0.2) is 4.79 Å². The molecule has 0 aromatic heterocycles. The largest absolute Gasteiger partial charge is 0.444 e. The molecule has 0 aromatic rings. The number of carbonyl (C=O) groups is 1. The van der Waals surface area contributed by atoms with E-state index in [1.54, 1.807) is 0 Å². The molecule has 0 radical (unpaired) electrons. The van der Waals surface area contributed by atoms with Crippen molar-refractivity contribution in [1.29, 1.82) is 0 Å². The minimum absolute atomic E-state index is 0.000685. The number of amides is 1. The molecular weight excluding hydrogens is 282 g/mol.